The summed E-state index contributed by atoms with van der Waals surface area (Å²) in [5.74, 6) is 0.0754. The van der Waals surface area contributed by atoms with Crippen molar-refractivity contribution in [1.29, 1.82) is 0 Å². The maximum atomic E-state index is 14.1. The number of hydrogen-bond donors (Lipinski definition) is 1. The van der Waals surface area contributed by atoms with Crippen LogP contribution >= 0.6 is 0 Å². The summed E-state index contributed by atoms with van der Waals surface area (Å²) in [6, 6.07) is 18.1. The number of carbonyl (C=O) groups is 1. The fourth-order valence-electron chi connectivity index (χ4n) is 4.63. The molecule has 0 unspecified atom stereocenters. The molecule has 4 aromatic rings. The Kier molecular flexibility index (Phi) is 9.21. The van der Waals surface area contributed by atoms with Gasteiger partial charge in [0.25, 0.3) is 5.89 Å². The number of nitrogens with zero attached hydrogens (tertiary/aromatic N) is 2. The second-order valence-corrected chi connectivity index (χ2v) is 11.7. The van der Waals surface area contributed by atoms with E-state index in [0.29, 0.717) is 24.1 Å². The van der Waals surface area contributed by atoms with Gasteiger partial charge in [-0.25, -0.2) is 0 Å². The number of esters is 1. The third kappa shape index (κ3) is 7.64. The van der Waals surface area contributed by atoms with Crippen LogP contribution < -0.4 is 5.32 Å². The van der Waals surface area contributed by atoms with Gasteiger partial charge < -0.3 is 14.6 Å². The topological polar surface area (TPSA) is 77.2 Å². The molecule has 9 heteroatoms. The Hall–Kier alpha value is -3.98. The van der Waals surface area contributed by atoms with Crippen LogP contribution in [-0.2, 0) is 22.1 Å². The molecule has 0 aliphatic rings. The lowest BCUT2D eigenvalue weighted by Gasteiger charge is -2.26. The number of halogens is 3. The van der Waals surface area contributed by atoms with Crippen molar-refractivity contribution >= 4 is 5.97 Å². The molecule has 1 atom stereocenters. The molecule has 0 aliphatic heterocycles. The van der Waals surface area contributed by atoms with Crippen LogP contribution in [0, 0.1) is 12.8 Å². The van der Waals surface area contributed by atoms with Crippen molar-refractivity contribution in [2.24, 2.45) is 5.92 Å². The Labute approximate surface area is 244 Å². The maximum absolute atomic E-state index is 14.1. The minimum atomic E-state index is -4.57. The number of aromatic nitrogens is 2. The van der Waals surface area contributed by atoms with E-state index in [4.69, 9.17) is 9.26 Å². The summed E-state index contributed by atoms with van der Waals surface area (Å²) in [5.41, 5.74) is 1.93. The van der Waals surface area contributed by atoms with E-state index in [1.54, 1.807) is 37.3 Å². The normalized spacial score (nSPS) is 12.9. The number of ether oxygens (including phenoxy) is 1. The standard InChI is InChI=1S/C33H36F3N3O3/c1-20(2)28(31(40)41-32(4,5)6)37-18-17-22-11-13-23(14-12-22)29-38-30(42-39-29)24-15-16-26(27(19-24)33(34,35)36)25-10-8-7-9-21(25)3/h7-16,19-20,28,37H,17-18H2,1-6H3/t28-/m0/s1. The van der Waals surface area contributed by atoms with Crippen LogP contribution in [0.15, 0.2) is 71.3 Å². The van der Waals surface area contributed by atoms with E-state index >= 15 is 0 Å². The fraction of sp³-hybridized carbons (Fsp3) is 0.364. The zero-order chi connectivity index (χ0) is 30.7. The van der Waals surface area contributed by atoms with Gasteiger partial charge in [-0.15, -0.1) is 0 Å². The van der Waals surface area contributed by atoms with Crippen LogP contribution in [0.25, 0.3) is 34.0 Å². The molecule has 0 radical (unpaired) electrons. The molecular formula is C33H36F3N3O3. The lowest BCUT2D eigenvalue weighted by atomic mass is 9.94. The van der Waals surface area contributed by atoms with Crippen LogP contribution in [0.3, 0.4) is 0 Å². The van der Waals surface area contributed by atoms with Crippen molar-refractivity contribution in [3.05, 3.63) is 83.4 Å². The highest BCUT2D eigenvalue weighted by molar-refractivity contribution is 5.76. The van der Waals surface area contributed by atoms with Crippen LogP contribution in [0.2, 0.25) is 0 Å². The summed E-state index contributed by atoms with van der Waals surface area (Å²) in [6.45, 7) is 11.8. The Bertz CT molecular complexity index is 1520. The van der Waals surface area contributed by atoms with Crippen molar-refractivity contribution < 1.29 is 27.2 Å². The molecule has 3 aromatic carbocycles. The highest BCUT2D eigenvalue weighted by Gasteiger charge is 2.35. The average molecular weight is 580 g/mol. The third-order valence-corrected chi connectivity index (χ3v) is 6.75. The van der Waals surface area contributed by atoms with E-state index in [9.17, 15) is 18.0 Å². The lowest BCUT2D eigenvalue weighted by Crippen LogP contribution is -2.45. The van der Waals surface area contributed by atoms with Gasteiger partial charge in [-0.2, -0.15) is 18.2 Å². The van der Waals surface area contributed by atoms with Gasteiger partial charge in [0.15, 0.2) is 0 Å². The van der Waals surface area contributed by atoms with E-state index in [0.717, 1.165) is 17.2 Å². The van der Waals surface area contributed by atoms with Crippen LogP contribution in [0.5, 0.6) is 0 Å². The van der Waals surface area contributed by atoms with Crippen LogP contribution in [-0.4, -0.2) is 34.3 Å². The quantitative estimate of drug-likeness (QED) is 0.203. The van der Waals surface area contributed by atoms with Gasteiger partial charge in [0, 0.05) is 11.1 Å². The van der Waals surface area contributed by atoms with E-state index in [-0.39, 0.29) is 34.7 Å². The molecule has 0 saturated heterocycles. The summed E-state index contributed by atoms with van der Waals surface area (Å²) in [6.07, 6.45) is -3.89. The van der Waals surface area contributed by atoms with Gasteiger partial charge in [0.2, 0.25) is 5.82 Å². The Morgan fingerprint density at radius 3 is 2.24 bits per heavy atom. The molecule has 42 heavy (non-hydrogen) atoms. The first-order chi connectivity index (χ1) is 19.7. The SMILES string of the molecule is Cc1ccccc1-c1ccc(-c2nc(-c3ccc(CCN[C@H](C(=O)OC(C)(C)C)C(C)C)cc3)no2)cc1C(F)(F)F. The molecule has 0 aliphatic carbocycles. The molecule has 0 spiro atoms. The Morgan fingerprint density at radius 2 is 1.62 bits per heavy atom. The van der Waals surface area contributed by atoms with E-state index in [2.05, 4.69) is 15.5 Å². The molecule has 0 fully saturated rings. The number of rotatable bonds is 9. The van der Waals surface area contributed by atoms with Gasteiger partial charge in [0.05, 0.1) is 5.56 Å². The van der Waals surface area contributed by atoms with Crippen molar-refractivity contribution in [3.8, 4) is 34.0 Å². The summed E-state index contributed by atoms with van der Waals surface area (Å²) in [7, 11) is 0. The second kappa shape index (κ2) is 12.5. The molecule has 4 rings (SSSR count). The summed E-state index contributed by atoms with van der Waals surface area (Å²) >= 11 is 0. The summed E-state index contributed by atoms with van der Waals surface area (Å²) in [5, 5.41) is 7.30. The van der Waals surface area contributed by atoms with Crippen molar-refractivity contribution in [3.63, 3.8) is 0 Å². The smallest absolute Gasteiger partial charge is 0.417 e. The third-order valence-electron chi connectivity index (χ3n) is 6.75. The second-order valence-electron chi connectivity index (χ2n) is 11.7. The van der Waals surface area contributed by atoms with Crippen molar-refractivity contribution in [1.82, 2.24) is 15.5 Å². The highest BCUT2D eigenvalue weighted by atomic mass is 19.4. The van der Waals surface area contributed by atoms with E-state index in [1.807, 2.05) is 58.9 Å². The minimum absolute atomic E-state index is 0.00183. The number of nitrogens with one attached hydrogen (secondary N) is 1. The first-order valence-electron chi connectivity index (χ1n) is 13.9. The zero-order valence-corrected chi connectivity index (χ0v) is 24.7. The van der Waals surface area contributed by atoms with Gasteiger partial charge in [-0.3, -0.25) is 4.79 Å². The van der Waals surface area contributed by atoms with Gasteiger partial charge in [0.1, 0.15) is 11.6 Å². The Morgan fingerprint density at radius 1 is 0.952 bits per heavy atom. The number of aryl methyl sites for hydroxylation is 1. The first-order valence-corrected chi connectivity index (χ1v) is 13.9. The molecule has 1 heterocycles. The molecule has 1 aromatic heterocycles. The molecule has 6 nitrogen and oxygen atoms in total. The van der Waals surface area contributed by atoms with Crippen molar-refractivity contribution in [2.75, 3.05) is 6.54 Å². The number of benzene rings is 3. The Balaban J connectivity index is 1.46. The first kappa shape index (κ1) is 31.0. The molecule has 0 bridgehead atoms. The number of carbonyl (C=O) groups excluding carboxylic acids is 1. The molecule has 222 valence electrons. The number of alkyl halides is 3. The monoisotopic (exact) mass is 579 g/mol. The van der Waals surface area contributed by atoms with Gasteiger partial charge in [-0.05, 0) is 81.0 Å². The highest BCUT2D eigenvalue weighted by Crippen LogP contribution is 2.40. The predicted molar refractivity (Wildman–Crippen MR) is 157 cm³/mol. The molecule has 1 N–H and O–H groups in total. The molecule has 0 amide bonds. The number of hydrogen-bond acceptors (Lipinski definition) is 6. The maximum Gasteiger partial charge on any atom is 0.417 e. The van der Waals surface area contributed by atoms with E-state index < -0.39 is 23.4 Å². The molecular weight excluding hydrogens is 543 g/mol. The zero-order valence-electron chi connectivity index (χ0n) is 24.7. The molecule has 0 saturated carbocycles. The largest absolute Gasteiger partial charge is 0.459 e. The van der Waals surface area contributed by atoms with Crippen molar-refractivity contribution in [2.45, 2.75) is 65.8 Å². The predicted octanol–water partition coefficient (Wildman–Crippen LogP) is 7.90. The van der Waals surface area contributed by atoms with Crippen LogP contribution in [0.1, 0.15) is 51.3 Å². The summed E-state index contributed by atoms with van der Waals surface area (Å²) in [4.78, 5) is 16.9. The minimum Gasteiger partial charge on any atom is -0.459 e. The average Bonchev–Trinajstić information content (AvgIpc) is 3.40. The van der Waals surface area contributed by atoms with Gasteiger partial charge in [-0.1, -0.05) is 73.6 Å². The summed E-state index contributed by atoms with van der Waals surface area (Å²) < 4.78 is 53.1. The van der Waals surface area contributed by atoms with E-state index in [1.165, 1.54) is 6.07 Å². The lowest BCUT2D eigenvalue weighted by molar-refractivity contribution is -0.158. The van der Waals surface area contributed by atoms with Gasteiger partial charge >= 0.3 is 12.1 Å². The fourth-order valence-corrected chi connectivity index (χ4v) is 4.63. The van der Waals surface area contributed by atoms with Crippen LogP contribution in [0.4, 0.5) is 13.2 Å².